The molecule has 5 heterocycles. The summed E-state index contributed by atoms with van der Waals surface area (Å²) in [4.78, 5) is 9.40. The first-order valence-corrected chi connectivity index (χ1v) is 28.5. The minimum atomic E-state index is -0.476. The minimum absolute atomic E-state index is 0. The number of hydrogen-bond donors (Lipinski definition) is 0. The highest BCUT2D eigenvalue weighted by Gasteiger charge is 2.63. The summed E-state index contributed by atoms with van der Waals surface area (Å²) in [6, 6.07) is 64.2. The van der Waals surface area contributed by atoms with E-state index in [9.17, 15) is 0 Å². The maximum Gasteiger partial charge on any atom is 0.496 e. The van der Waals surface area contributed by atoms with E-state index in [1.807, 2.05) is 73.8 Å². The summed E-state index contributed by atoms with van der Waals surface area (Å²) in [6.45, 7) is 24.5. The molecule has 12 heteroatoms. The van der Waals surface area contributed by atoms with Crippen LogP contribution in [0.4, 0.5) is 0 Å². The van der Waals surface area contributed by atoms with Gasteiger partial charge in [0.1, 0.15) is 4.60 Å². The summed E-state index contributed by atoms with van der Waals surface area (Å²) < 4.78 is 37.2. The van der Waals surface area contributed by atoms with E-state index < -0.39 is 21.1 Å². The van der Waals surface area contributed by atoms with Crippen LogP contribution in [0.25, 0.3) is 87.7 Å². The molecule has 10 aromatic rings. The van der Waals surface area contributed by atoms with Gasteiger partial charge in [0.05, 0.1) is 39.3 Å². The largest absolute Gasteiger partial charge is 0.496 e. The molecule has 8 nitrogen and oxygen atoms in total. The van der Waals surface area contributed by atoms with Crippen molar-refractivity contribution in [1.82, 2.24) is 9.97 Å². The van der Waals surface area contributed by atoms with Crippen LogP contribution in [0.1, 0.15) is 90.5 Å². The van der Waals surface area contributed by atoms with E-state index in [-0.39, 0.29) is 41.0 Å². The molecule has 0 aliphatic carbocycles. The first-order chi connectivity index (χ1) is 38.1. The van der Waals surface area contributed by atoms with Crippen LogP contribution in [0.5, 0.6) is 0 Å². The molecule has 0 spiro atoms. The molecule has 81 heavy (non-hydrogen) atoms. The summed E-state index contributed by atoms with van der Waals surface area (Å²) in [6.07, 6.45) is 3.84. The van der Waals surface area contributed by atoms with E-state index in [0.717, 1.165) is 26.9 Å². The molecule has 3 fully saturated rings. The molecular weight excluding hydrogens is 1070 g/mol. The zero-order valence-electron chi connectivity index (χ0n) is 47.9. The van der Waals surface area contributed by atoms with Crippen molar-refractivity contribution in [2.75, 3.05) is 0 Å². The molecule has 0 saturated carbocycles. The van der Waals surface area contributed by atoms with Crippen LogP contribution in [0.3, 0.4) is 0 Å². The molecule has 3 aliphatic rings. The minimum Gasteiger partial charge on any atom is -0.405 e. The zero-order chi connectivity index (χ0) is 56.4. The molecule has 3 aliphatic heterocycles. The number of fused-ring (bicyclic) bond motifs is 4. The van der Waals surface area contributed by atoms with Crippen molar-refractivity contribution in [2.24, 2.45) is 0 Å². The Labute approximate surface area is 488 Å². The Morgan fingerprint density at radius 2 is 0.617 bits per heavy atom. The lowest BCUT2D eigenvalue weighted by Crippen LogP contribution is -2.41. The molecule has 0 unspecified atom stereocenters. The summed E-state index contributed by atoms with van der Waals surface area (Å²) in [7, 11) is -1.37. The van der Waals surface area contributed by atoms with E-state index >= 15 is 0 Å². The third-order valence-corrected chi connectivity index (χ3v) is 17.8. The van der Waals surface area contributed by atoms with Crippen molar-refractivity contribution in [2.45, 2.75) is 124 Å². The number of hydrogen-bond acceptors (Lipinski definition) is 8. The average molecular weight is 1140 g/mol. The zero-order valence-corrected chi connectivity index (χ0v) is 49.5. The molecule has 2 aromatic heterocycles. The first-order valence-electron chi connectivity index (χ1n) is 27.7. The molecule has 0 N–H and O–H groups in total. The van der Waals surface area contributed by atoms with Gasteiger partial charge in [0.25, 0.3) is 0 Å². The Bertz CT molecular complexity index is 3700. The number of halogens is 1. The van der Waals surface area contributed by atoms with E-state index in [1.54, 1.807) is 0 Å². The number of pyridine rings is 2. The lowest BCUT2D eigenvalue weighted by molar-refractivity contribution is 0.00578. The second-order valence-electron chi connectivity index (χ2n) is 24.1. The summed E-state index contributed by atoms with van der Waals surface area (Å²) in [5.41, 5.74) is 8.20. The van der Waals surface area contributed by atoms with E-state index in [0.29, 0.717) is 0 Å². The summed E-state index contributed by atoms with van der Waals surface area (Å²) in [5.74, 6) is 0. The van der Waals surface area contributed by atoms with Gasteiger partial charge in [-0.1, -0.05) is 177 Å². The molecule has 0 amide bonds. The third-order valence-electron chi connectivity index (χ3n) is 17.3. The lowest BCUT2D eigenvalue weighted by Gasteiger charge is -2.32. The molecule has 0 atom stereocenters. The van der Waals surface area contributed by atoms with E-state index in [4.69, 9.17) is 32.9 Å². The van der Waals surface area contributed by atoms with E-state index in [2.05, 4.69) is 225 Å². The highest BCUT2D eigenvalue weighted by molar-refractivity contribution is 9.10. The fourth-order valence-electron chi connectivity index (χ4n) is 10.9. The summed E-state index contributed by atoms with van der Waals surface area (Å²) >= 11 is 3.45. The van der Waals surface area contributed by atoms with Gasteiger partial charge >= 0.3 is 21.1 Å². The van der Waals surface area contributed by atoms with Crippen LogP contribution in [-0.4, -0.2) is 64.7 Å². The van der Waals surface area contributed by atoms with Crippen LogP contribution in [0.2, 0.25) is 0 Å². The maximum atomic E-state index is 6.24. The van der Waals surface area contributed by atoms with Gasteiger partial charge in [0, 0.05) is 29.0 Å². The van der Waals surface area contributed by atoms with Crippen molar-refractivity contribution in [3.8, 4) is 44.6 Å². The van der Waals surface area contributed by atoms with Crippen LogP contribution < -0.4 is 5.46 Å². The van der Waals surface area contributed by atoms with Gasteiger partial charge in [-0.05, 0) is 182 Å². The Morgan fingerprint density at radius 3 is 0.926 bits per heavy atom. The molecule has 3 saturated heterocycles. The second-order valence-corrected chi connectivity index (χ2v) is 24.9. The topological polar surface area (TPSA) is 81.2 Å². The Balaban J connectivity index is 0.000000143. The van der Waals surface area contributed by atoms with Crippen LogP contribution >= 0.6 is 15.9 Å². The fourth-order valence-corrected chi connectivity index (χ4v) is 11.1. The fraction of sp³-hybridized carbons (Fsp3) is 0.275. The standard InChI is InChI=1S/C31H28BNO2.C25H16BrN.C12H24B2O4.CH4/c1-30(2)31(3,4)35-32(34-30)22-18-19-27(33-20-22)29-25-16-10-8-14-23(25)28(21-12-6-5-7-13-21)24-15-9-11-17-26(24)29;26-23-15-14-18(16-27-23)25-21-12-6-4-10-19(21)24(17-8-2-1-3-9-17)20-11-5-7-13-22(20)25;1-9(2)10(3,4)16-13(15-9)14-17-11(5,6)12(7,8)18-14;/h5-20H,1-4H3;1-16H;1-8H3;1H4. The van der Waals surface area contributed by atoms with Crippen LogP contribution in [0, 0.1) is 0 Å². The number of benzene rings is 8. The van der Waals surface area contributed by atoms with Gasteiger partial charge in [-0.3, -0.25) is 4.98 Å². The Morgan fingerprint density at radius 1 is 0.309 bits per heavy atom. The van der Waals surface area contributed by atoms with Gasteiger partial charge in [0.2, 0.25) is 0 Å². The van der Waals surface area contributed by atoms with Gasteiger partial charge in [-0.2, -0.15) is 0 Å². The Kier molecular flexibility index (Phi) is 15.7. The SMILES string of the molecule is Brc1ccc(-c2c3ccccc3c(-c3ccccc3)c3ccccc23)cn1.C.CC1(C)OB(B2OC(C)(C)C(C)(C)O2)OC1(C)C.CC1(C)OB(c2ccc(-c3c4ccccc4c(-c4ccccc4)c4ccccc34)nc2)OC1(C)C. The second kappa shape index (κ2) is 22.0. The van der Waals surface area contributed by atoms with Crippen molar-refractivity contribution in [3.05, 3.63) is 199 Å². The van der Waals surface area contributed by atoms with Crippen molar-refractivity contribution in [1.29, 1.82) is 0 Å². The smallest absolute Gasteiger partial charge is 0.405 e. The molecule has 0 radical (unpaired) electrons. The Hall–Kier alpha value is -6.47. The first kappa shape index (κ1) is 57.8. The monoisotopic (exact) mass is 1140 g/mol. The van der Waals surface area contributed by atoms with Crippen LogP contribution in [-0.2, 0) is 27.9 Å². The highest BCUT2D eigenvalue weighted by atomic mass is 79.9. The normalized spacial score (nSPS) is 18.1. The van der Waals surface area contributed by atoms with Gasteiger partial charge < -0.3 is 27.9 Å². The third kappa shape index (κ3) is 10.8. The summed E-state index contributed by atoms with van der Waals surface area (Å²) in [5, 5.41) is 9.87. The predicted molar refractivity (Wildman–Crippen MR) is 343 cm³/mol. The number of aromatic nitrogens is 2. The predicted octanol–water partition coefficient (Wildman–Crippen LogP) is 17.4. The molecule has 0 bridgehead atoms. The highest BCUT2D eigenvalue weighted by Crippen LogP contribution is 2.47. The van der Waals surface area contributed by atoms with E-state index in [1.165, 1.54) is 70.9 Å². The van der Waals surface area contributed by atoms with Crippen molar-refractivity contribution in [3.63, 3.8) is 0 Å². The molecule has 13 rings (SSSR count). The van der Waals surface area contributed by atoms with Gasteiger partial charge in [0.15, 0.2) is 0 Å². The quantitative estimate of drug-likeness (QED) is 0.0925. The van der Waals surface area contributed by atoms with Crippen molar-refractivity contribution < 1.29 is 27.9 Å². The molecular formula is C69H72B3BrN2O6. The van der Waals surface area contributed by atoms with Gasteiger partial charge in [-0.15, -0.1) is 0 Å². The van der Waals surface area contributed by atoms with Crippen molar-refractivity contribution >= 4 is 85.6 Å². The average Bonchev–Trinajstić information content (AvgIpc) is 3.36. The molecule has 8 aromatic carbocycles. The number of nitrogens with zero attached hydrogens (tertiary/aromatic N) is 2. The van der Waals surface area contributed by atoms with Crippen LogP contribution in [0.15, 0.2) is 199 Å². The molecule has 410 valence electrons. The lowest BCUT2D eigenvalue weighted by atomic mass is 9.49. The number of rotatable bonds is 6. The maximum absolute atomic E-state index is 6.24. The van der Waals surface area contributed by atoms with Gasteiger partial charge in [-0.25, -0.2) is 4.98 Å².